The van der Waals surface area contributed by atoms with Gasteiger partial charge < -0.3 is 25.4 Å². The normalized spacial score (nSPS) is 19.1. The minimum Gasteiger partial charge on any atom is -0.499 e. The molecule has 8 heteroatoms. The molecule has 2 amide bonds. The molecule has 1 aliphatic heterocycles. The summed E-state index contributed by atoms with van der Waals surface area (Å²) in [6.07, 6.45) is 9.37. The van der Waals surface area contributed by atoms with E-state index >= 15 is 0 Å². The number of hydrogen-bond acceptors (Lipinski definition) is 6. The molecule has 1 heterocycles. The SMILES string of the molecule is COC1=CC(=O)N([C@@H](CC2CCCC2)C(=O)NC(=N)/C=C\NCC(C)(C)O)C1. The standard InChI is InChI=1S/C20H32N4O4/c1-20(2,27)13-22-9-8-17(21)23-19(26)16(10-14-6-4-5-7-14)24-12-15(28-3)11-18(24)25/h8-9,11,14,16,22,27H,4-7,10,12-13H2,1-3H3,(H2,21,23,26)/b9-8-/t16-/m0/s1. The topological polar surface area (TPSA) is 115 Å². The number of carbonyl (C=O) groups excluding carboxylic acids is 2. The van der Waals surface area contributed by atoms with Crippen LogP contribution in [0.15, 0.2) is 24.1 Å². The molecule has 0 saturated heterocycles. The summed E-state index contributed by atoms with van der Waals surface area (Å²) >= 11 is 0. The summed E-state index contributed by atoms with van der Waals surface area (Å²) in [6.45, 7) is 3.94. The van der Waals surface area contributed by atoms with Gasteiger partial charge in [0.15, 0.2) is 0 Å². The van der Waals surface area contributed by atoms with Crippen LogP contribution < -0.4 is 10.6 Å². The van der Waals surface area contributed by atoms with Crippen LogP contribution in [0.4, 0.5) is 0 Å². The lowest BCUT2D eigenvalue weighted by atomic mass is 9.96. The van der Waals surface area contributed by atoms with Crippen LogP contribution in [0.3, 0.4) is 0 Å². The molecule has 0 aromatic carbocycles. The molecule has 0 spiro atoms. The summed E-state index contributed by atoms with van der Waals surface area (Å²) in [4.78, 5) is 26.7. The fraction of sp³-hybridized carbons (Fsp3) is 0.650. The van der Waals surface area contributed by atoms with Crippen molar-refractivity contribution in [2.24, 2.45) is 5.92 Å². The average Bonchev–Trinajstić information content (AvgIpc) is 3.25. The minimum atomic E-state index is -0.871. The number of rotatable bonds is 9. The van der Waals surface area contributed by atoms with Gasteiger partial charge in [0, 0.05) is 18.8 Å². The highest BCUT2D eigenvalue weighted by molar-refractivity contribution is 6.05. The van der Waals surface area contributed by atoms with Crippen LogP contribution in [0.25, 0.3) is 0 Å². The number of amidine groups is 1. The van der Waals surface area contributed by atoms with Gasteiger partial charge in [-0.2, -0.15) is 0 Å². The molecule has 0 bridgehead atoms. The molecule has 156 valence electrons. The Bertz CT molecular complexity index is 645. The molecule has 2 rings (SSSR count). The van der Waals surface area contributed by atoms with Crippen molar-refractivity contribution >= 4 is 17.6 Å². The number of nitrogens with one attached hydrogen (secondary N) is 3. The summed E-state index contributed by atoms with van der Waals surface area (Å²) in [7, 11) is 1.51. The number of carbonyl (C=O) groups is 2. The van der Waals surface area contributed by atoms with E-state index in [-0.39, 0.29) is 24.2 Å². The van der Waals surface area contributed by atoms with Gasteiger partial charge in [0.05, 0.1) is 19.3 Å². The van der Waals surface area contributed by atoms with Crippen LogP contribution in [-0.2, 0) is 14.3 Å². The van der Waals surface area contributed by atoms with Crippen LogP contribution in [0.5, 0.6) is 0 Å². The zero-order chi connectivity index (χ0) is 20.7. The van der Waals surface area contributed by atoms with E-state index in [1.165, 1.54) is 30.4 Å². The zero-order valence-corrected chi connectivity index (χ0v) is 17.0. The average molecular weight is 393 g/mol. The Morgan fingerprint density at radius 2 is 2.14 bits per heavy atom. The van der Waals surface area contributed by atoms with Crippen molar-refractivity contribution in [2.75, 3.05) is 20.2 Å². The predicted octanol–water partition coefficient (Wildman–Crippen LogP) is 1.28. The van der Waals surface area contributed by atoms with Crippen molar-refractivity contribution < 1.29 is 19.4 Å². The van der Waals surface area contributed by atoms with Gasteiger partial charge in [0.1, 0.15) is 17.6 Å². The number of methoxy groups -OCH3 is 1. The Balaban J connectivity index is 1.97. The molecule has 1 fully saturated rings. The first-order valence-electron chi connectivity index (χ1n) is 9.76. The Morgan fingerprint density at radius 3 is 2.71 bits per heavy atom. The first-order chi connectivity index (χ1) is 13.2. The predicted molar refractivity (Wildman–Crippen MR) is 106 cm³/mol. The van der Waals surface area contributed by atoms with Crippen molar-refractivity contribution in [3.05, 3.63) is 24.1 Å². The van der Waals surface area contributed by atoms with Crippen LogP contribution >= 0.6 is 0 Å². The van der Waals surface area contributed by atoms with E-state index in [1.807, 2.05) is 0 Å². The number of nitrogens with zero attached hydrogens (tertiary/aromatic N) is 1. The van der Waals surface area contributed by atoms with Gasteiger partial charge in [0.2, 0.25) is 5.91 Å². The molecule has 1 saturated carbocycles. The Labute approximate surface area is 166 Å². The third kappa shape index (κ3) is 6.67. The highest BCUT2D eigenvalue weighted by Gasteiger charge is 2.36. The minimum absolute atomic E-state index is 0.0729. The Hall–Kier alpha value is -2.35. The van der Waals surface area contributed by atoms with E-state index in [0.29, 0.717) is 24.6 Å². The molecule has 0 radical (unpaired) electrons. The monoisotopic (exact) mass is 392 g/mol. The quantitative estimate of drug-likeness (QED) is 0.349. The largest absolute Gasteiger partial charge is 0.499 e. The molecule has 8 nitrogen and oxygen atoms in total. The second-order valence-electron chi connectivity index (χ2n) is 8.11. The second-order valence-corrected chi connectivity index (χ2v) is 8.11. The lowest BCUT2D eigenvalue weighted by Crippen LogP contribution is -2.50. The fourth-order valence-corrected chi connectivity index (χ4v) is 3.55. The lowest BCUT2D eigenvalue weighted by Gasteiger charge is -2.29. The molecule has 1 aliphatic carbocycles. The van der Waals surface area contributed by atoms with Crippen LogP contribution in [0, 0.1) is 11.3 Å². The van der Waals surface area contributed by atoms with Crippen LogP contribution in [0.1, 0.15) is 46.0 Å². The molecule has 0 aromatic rings. The van der Waals surface area contributed by atoms with Crippen molar-refractivity contribution in [1.29, 1.82) is 5.41 Å². The number of aliphatic hydroxyl groups is 1. The van der Waals surface area contributed by atoms with Gasteiger partial charge in [-0.05, 0) is 32.3 Å². The van der Waals surface area contributed by atoms with Crippen LogP contribution in [-0.4, -0.2) is 59.5 Å². The van der Waals surface area contributed by atoms with E-state index in [1.54, 1.807) is 13.8 Å². The van der Waals surface area contributed by atoms with Crippen LogP contribution in [0.2, 0.25) is 0 Å². The van der Waals surface area contributed by atoms with E-state index in [4.69, 9.17) is 10.1 Å². The zero-order valence-electron chi connectivity index (χ0n) is 17.0. The fourth-order valence-electron chi connectivity index (χ4n) is 3.55. The van der Waals surface area contributed by atoms with Gasteiger partial charge in [-0.15, -0.1) is 0 Å². The summed E-state index contributed by atoms with van der Waals surface area (Å²) < 4.78 is 5.17. The van der Waals surface area contributed by atoms with Gasteiger partial charge in [-0.25, -0.2) is 0 Å². The molecular formula is C20H32N4O4. The Kier molecular flexibility index (Phi) is 7.62. The van der Waals surface area contributed by atoms with E-state index < -0.39 is 11.6 Å². The van der Waals surface area contributed by atoms with Gasteiger partial charge in [-0.3, -0.25) is 15.0 Å². The summed E-state index contributed by atoms with van der Waals surface area (Å²) in [5.74, 6) is 0.289. The molecule has 0 aromatic heterocycles. The Morgan fingerprint density at radius 1 is 1.46 bits per heavy atom. The number of amides is 2. The molecule has 0 unspecified atom stereocenters. The summed E-state index contributed by atoms with van der Waals surface area (Å²) in [5, 5.41) is 23.1. The maximum Gasteiger partial charge on any atom is 0.251 e. The van der Waals surface area contributed by atoms with E-state index in [2.05, 4.69) is 10.6 Å². The van der Waals surface area contributed by atoms with Gasteiger partial charge >= 0.3 is 0 Å². The maximum atomic E-state index is 12.9. The van der Waals surface area contributed by atoms with E-state index in [9.17, 15) is 14.7 Å². The third-order valence-electron chi connectivity index (χ3n) is 5.03. The highest BCUT2D eigenvalue weighted by Crippen LogP contribution is 2.31. The molecule has 28 heavy (non-hydrogen) atoms. The maximum absolute atomic E-state index is 12.9. The summed E-state index contributed by atoms with van der Waals surface area (Å²) in [6, 6.07) is -0.627. The molecule has 2 aliphatic rings. The van der Waals surface area contributed by atoms with Crippen molar-refractivity contribution in [2.45, 2.75) is 57.6 Å². The third-order valence-corrected chi connectivity index (χ3v) is 5.03. The first-order valence-corrected chi connectivity index (χ1v) is 9.76. The van der Waals surface area contributed by atoms with Gasteiger partial charge in [-0.1, -0.05) is 25.7 Å². The van der Waals surface area contributed by atoms with Crippen molar-refractivity contribution in [3.63, 3.8) is 0 Å². The van der Waals surface area contributed by atoms with Crippen molar-refractivity contribution in [1.82, 2.24) is 15.5 Å². The summed E-state index contributed by atoms with van der Waals surface area (Å²) in [5.41, 5.74) is -0.871. The second kappa shape index (κ2) is 9.73. The van der Waals surface area contributed by atoms with E-state index in [0.717, 1.165) is 25.7 Å². The number of ether oxygens (including phenoxy) is 1. The van der Waals surface area contributed by atoms with Gasteiger partial charge in [0.25, 0.3) is 5.91 Å². The highest BCUT2D eigenvalue weighted by atomic mass is 16.5. The smallest absolute Gasteiger partial charge is 0.251 e. The lowest BCUT2D eigenvalue weighted by molar-refractivity contribution is -0.135. The van der Waals surface area contributed by atoms with Crippen molar-refractivity contribution in [3.8, 4) is 0 Å². The first kappa shape index (κ1) is 21.9. The molecular weight excluding hydrogens is 360 g/mol. The number of hydrogen-bond donors (Lipinski definition) is 4. The molecule has 4 N–H and O–H groups in total. The molecule has 1 atom stereocenters.